The minimum absolute atomic E-state index is 0.0323. The minimum Gasteiger partial charge on any atom is -0.497 e. The van der Waals surface area contributed by atoms with E-state index in [-0.39, 0.29) is 11.9 Å². The Balaban J connectivity index is 1.61. The summed E-state index contributed by atoms with van der Waals surface area (Å²) in [5.74, 6) is 1.69. The van der Waals surface area contributed by atoms with Crippen LogP contribution >= 0.6 is 0 Å². The van der Waals surface area contributed by atoms with Gasteiger partial charge in [0.2, 0.25) is 5.91 Å². The van der Waals surface area contributed by atoms with Crippen molar-refractivity contribution in [3.8, 4) is 16.9 Å². The highest BCUT2D eigenvalue weighted by molar-refractivity contribution is 5.80. The molecule has 3 aromatic rings. The molecule has 0 aliphatic carbocycles. The fourth-order valence-corrected chi connectivity index (χ4v) is 4.26. The number of rotatable bonds is 4. The SMILES string of the molecule is COc1ccc(-c2cccc3c2CCN(C(=O)Cc2c(C)noc2C)C3C)cc1. The topological polar surface area (TPSA) is 55.6 Å². The van der Waals surface area contributed by atoms with Gasteiger partial charge in [0.25, 0.3) is 0 Å². The summed E-state index contributed by atoms with van der Waals surface area (Å²) in [7, 11) is 1.68. The Morgan fingerprint density at radius 1 is 1.21 bits per heavy atom. The van der Waals surface area contributed by atoms with E-state index in [0.29, 0.717) is 13.0 Å². The van der Waals surface area contributed by atoms with Gasteiger partial charge < -0.3 is 14.2 Å². The molecule has 0 spiro atoms. The normalized spacial score (nSPS) is 15.9. The predicted octanol–water partition coefficient (Wildman–Crippen LogP) is 4.66. The van der Waals surface area contributed by atoms with Gasteiger partial charge in [-0.3, -0.25) is 4.79 Å². The molecule has 2 aromatic carbocycles. The molecule has 29 heavy (non-hydrogen) atoms. The lowest BCUT2D eigenvalue weighted by molar-refractivity contribution is -0.133. The third kappa shape index (κ3) is 3.53. The number of ether oxygens (including phenoxy) is 1. The fraction of sp³-hybridized carbons (Fsp3) is 0.333. The van der Waals surface area contributed by atoms with Gasteiger partial charge in [0.05, 0.1) is 25.3 Å². The molecule has 0 saturated heterocycles. The first kappa shape index (κ1) is 19.2. The highest BCUT2D eigenvalue weighted by Gasteiger charge is 2.30. The van der Waals surface area contributed by atoms with Gasteiger partial charge in [-0.15, -0.1) is 0 Å². The summed E-state index contributed by atoms with van der Waals surface area (Å²) in [6, 6.07) is 14.6. The van der Waals surface area contributed by atoms with Crippen molar-refractivity contribution in [2.75, 3.05) is 13.7 Å². The van der Waals surface area contributed by atoms with Crippen molar-refractivity contribution >= 4 is 5.91 Å². The van der Waals surface area contributed by atoms with Crippen molar-refractivity contribution in [1.82, 2.24) is 10.1 Å². The molecule has 1 unspecified atom stereocenters. The van der Waals surface area contributed by atoms with Crippen molar-refractivity contribution in [3.05, 3.63) is 70.6 Å². The summed E-state index contributed by atoms with van der Waals surface area (Å²) in [6.45, 7) is 6.57. The highest BCUT2D eigenvalue weighted by Crippen LogP contribution is 2.36. The number of methoxy groups -OCH3 is 1. The van der Waals surface area contributed by atoms with E-state index in [0.717, 1.165) is 29.2 Å². The fourth-order valence-electron chi connectivity index (χ4n) is 4.26. The van der Waals surface area contributed by atoms with Gasteiger partial charge >= 0.3 is 0 Å². The molecule has 1 amide bonds. The van der Waals surface area contributed by atoms with E-state index in [2.05, 4.69) is 42.4 Å². The van der Waals surface area contributed by atoms with E-state index < -0.39 is 0 Å². The van der Waals surface area contributed by atoms with Gasteiger partial charge in [-0.1, -0.05) is 35.5 Å². The van der Waals surface area contributed by atoms with Crippen LogP contribution in [0.4, 0.5) is 0 Å². The van der Waals surface area contributed by atoms with Crippen molar-refractivity contribution in [1.29, 1.82) is 0 Å². The Morgan fingerprint density at radius 2 is 1.97 bits per heavy atom. The van der Waals surface area contributed by atoms with E-state index in [1.165, 1.54) is 22.3 Å². The molecule has 150 valence electrons. The molecule has 1 aliphatic rings. The molecular formula is C24H26N2O3. The molecular weight excluding hydrogens is 364 g/mol. The van der Waals surface area contributed by atoms with Crippen LogP contribution in [0.15, 0.2) is 47.0 Å². The lowest BCUT2D eigenvalue weighted by Gasteiger charge is -2.36. The van der Waals surface area contributed by atoms with Gasteiger partial charge in [0, 0.05) is 12.1 Å². The van der Waals surface area contributed by atoms with Crippen molar-refractivity contribution in [3.63, 3.8) is 0 Å². The van der Waals surface area contributed by atoms with Gasteiger partial charge in [-0.25, -0.2) is 0 Å². The predicted molar refractivity (Wildman–Crippen MR) is 112 cm³/mol. The number of nitrogens with zero attached hydrogens (tertiary/aromatic N) is 2. The Labute approximate surface area is 171 Å². The van der Waals surface area contributed by atoms with Crippen LogP contribution in [0.1, 0.15) is 41.1 Å². The lowest BCUT2D eigenvalue weighted by atomic mass is 9.87. The Bertz CT molecular complexity index is 1020. The number of aromatic nitrogens is 1. The molecule has 0 bridgehead atoms. The highest BCUT2D eigenvalue weighted by atomic mass is 16.5. The minimum atomic E-state index is 0.0323. The zero-order valence-corrected chi connectivity index (χ0v) is 17.4. The maximum absolute atomic E-state index is 13.1. The summed E-state index contributed by atoms with van der Waals surface area (Å²) >= 11 is 0. The second kappa shape index (κ2) is 7.74. The van der Waals surface area contributed by atoms with Crippen LogP contribution < -0.4 is 4.74 Å². The van der Waals surface area contributed by atoms with Crippen LogP contribution in [0.2, 0.25) is 0 Å². The number of benzene rings is 2. The third-order valence-corrected chi connectivity index (χ3v) is 5.96. The molecule has 0 radical (unpaired) electrons. The molecule has 0 fully saturated rings. The van der Waals surface area contributed by atoms with E-state index in [1.807, 2.05) is 30.9 Å². The van der Waals surface area contributed by atoms with E-state index >= 15 is 0 Å². The maximum atomic E-state index is 13.1. The maximum Gasteiger partial charge on any atom is 0.227 e. The van der Waals surface area contributed by atoms with Gasteiger partial charge in [-0.05, 0) is 61.6 Å². The van der Waals surface area contributed by atoms with E-state index in [4.69, 9.17) is 9.26 Å². The molecule has 5 heteroatoms. The average Bonchev–Trinajstić information content (AvgIpc) is 3.06. The number of amides is 1. The van der Waals surface area contributed by atoms with Crippen LogP contribution in [0.25, 0.3) is 11.1 Å². The quantitative estimate of drug-likeness (QED) is 0.650. The number of fused-ring (bicyclic) bond motifs is 1. The van der Waals surface area contributed by atoms with Crippen LogP contribution in [0.3, 0.4) is 0 Å². The molecule has 5 nitrogen and oxygen atoms in total. The summed E-state index contributed by atoms with van der Waals surface area (Å²) < 4.78 is 10.5. The van der Waals surface area contributed by atoms with Crippen LogP contribution in [-0.4, -0.2) is 29.6 Å². The number of hydrogen-bond acceptors (Lipinski definition) is 4. The average molecular weight is 390 g/mol. The monoisotopic (exact) mass is 390 g/mol. The molecule has 0 N–H and O–H groups in total. The number of carbonyl (C=O) groups excluding carboxylic acids is 1. The molecule has 2 heterocycles. The molecule has 1 aromatic heterocycles. The van der Waals surface area contributed by atoms with Crippen LogP contribution in [0, 0.1) is 13.8 Å². The second-order valence-corrected chi connectivity index (χ2v) is 7.59. The molecule has 1 aliphatic heterocycles. The zero-order valence-electron chi connectivity index (χ0n) is 17.4. The first-order valence-electron chi connectivity index (χ1n) is 9.97. The summed E-state index contributed by atoms with van der Waals surface area (Å²) in [5, 5.41) is 3.97. The number of carbonyl (C=O) groups is 1. The second-order valence-electron chi connectivity index (χ2n) is 7.59. The van der Waals surface area contributed by atoms with Gasteiger partial charge in [-0.2, -0.15) is 0 Å². The molecule has 1 atom stereocenters. The van der Waals surface area contributed by atoms with E-state index in [9.17, 15) is 4.79 Å². The van der Waals surface area contributed by atoms with Crippen molar-refractivity contribution in [2.24, 2.45) is 0 Å². The Morgan fingerprint density at radius 3 is 2.62 bits per heavy atom. The zero-order chi connectivity index (χ0) is 20.5. The molecule has 4 rings (SSSR count). The Kier molecular flexibility index (Phi) is 5.14. The number of hydrogen-bond donors (Lipinski definition) is 0. The largest absolute Gasteiger partial charge is 0.497 e. The third-order valence-electron chi connectivity index (χ3n) is 5.96. The van der Waals surface area contributed by atoms with Crippen LogP contribution in [-0.2, 0) is 17.6 Å². The van der Waals surface area contributed by atoms with Crippen molar-refractivity contribution < 1.29 is 14.1 Å². The lowest BCUT2D eigenvalue weighted by Crippen LogP contribution is -2.40. The smallest absolute Gasteiger partial charge is 0.227 e. The van der Waals surface area contributed by atoms with Gasteiger partial charge in [0.15, 0.2) is 0 Å². The van der Waals surface area contributed by atoms with Crippen molar-refractivity contribution in [2.45, 2.75) is 39.7 Å². The molecule has 0 saturated carbocycles. The standard InChI is InChI=1S/C24H26N2O3/c1-15-23(17(3)29-25-15)14-24(27)26-13-12-22-20(16(26)2)6-5-7-21(22)18-8-10-19(28-4)11-9-18/h5-11,16H,12-14H2,1-4H3. The van der Waals surface area contributed by atoms with E-state index in [1.54, 1.807) is 7.11 Å². The van der Waals surface area contributed by atoms with Crippen LogP contribution in [0.5, 0.6) is 5.75 Å². The summed E-state index contributed by atoms with van der Waals surface area (Å²) in [5.41, 5.74) is 6.64. The summed E-state index contributed by atoms with van der Waals surface area (Å²) in [6.07, 6.45) is 1.17. The first-order chi connectivity index (χ1) is 14.0. The Hall–Kier alpha value is -3.08. The summed E-state index contributed by atoms with van der Waals surface area (Å²) in [4.78, 5) is 15.0. The number of aryl methyl sites for hydroxylation is 2. The first-order valence-corrected chi connectivity index (χ1v) is 9.97. The van der Waals surface area contributed by atoms with Gasteiger partial charge in [0.1, 0.15) is 11.5 Å².